The highest BCUT2D eigenvalue weighted by Gasteiger charge is 2.33. The molecular formula is C18H12BN9. The van der Waals surface area contributed by atoms with Gasteiger partial charge in [-0.05, 0) is 36.4 Å². The number of nitrogens with zero attached hydrogens (tertiary/aromatic N) is 9. The van der Waals surface area contributed by atoms with Crippen molar-refractivity contribution in [2.45, 2.75) is 0 Å². The molecule has 3 aromatic carbocycles. The van der Waals surface area contributed by atoms with Crippen LogP contribution in [-0.2, 0) is 0 Å². The summed E-state index contributed by atoms with van der Waals surface area (Å²) >= 11 is 0. The van der Waals surface area contributed by atoms with Crippen LogP contribution in [0.1, 0.15) is 0 Å². The molecule has 0 bridgehead atoms. The topological polar surface area (TPSA) is 92.1 Å². The molecule has 9 nitrogen and oxygen atoms in total. The number of hydrogen-bond acceptors (Lipinski definition) is 6. The Morgan fingerprint density at radius 3 is 1.14 bits per heavy atom. The van der Waals surface area contributed by atoms with Crippen LogP contribution in [0.15, 0.2) is 72.8 Å². The molecule has 0 saturated carbocycles. The largest absolute Gasteiger partial charge is 0.574 e. The summed E-state index contributed by atoms with van der Waals surface area (Å²) in [6, 6.07) is 23.4. The highest BCUT2D eigenvalue weighted by Crippen LogP contribution is 2.18. The van der Waals surface area contributed by atoms with Gasteiger partial charge in [-0.2, -0.15) is 0 Å². The van der Waals surface area contributed by atoms with Crippen LogP contribution in [-0.4, -0.2) is 51.8 Å². The minimum atomic E-state index is -0.549. The van der Waals surface area contributed by atoms with Gasteiger partial charge in [-0.15, -0.1) is 15.3 Å². The number of hydrogen-bond donors (Lipinski definition) is 0. The Kier molecular flexibility index (Phi) is 3.07. The van der Waals surface area contributed by atoms with Gasteiger partial charge in [-0.25, -0.2) is 13.8 Å². The Bertz CT molecular complexity index is 1270. The van der Waals surface area contributed by atoms with Crippen molar-refractivity contribution in [2.75, 3.05) is 0 Å². The van der Waals surface area contributed by atoms with Crippen LogP contribution in [0.25, 0.3) is 33.1 Å². The molecule has 28 heavy (non-hydrogen) atoms. The molecular weight excluding hydrogens is 353 g/mol. The summed E-state index contributed by atoms with van der Waals surface area (Å²) < 4.78 is 5.37. The molecule has 0 amide bonds. The number of benzene rings is 3. The summed E-state index contributed by atoms with van der Waals surface area (Å²) in [6.07, 6.45) is 0. The fourth-order valence-electron chi connectivity index (χ4n) is 3.48. The summed E-state index contributed by atoms with van der Waals surface area (Å²) in [4.78, 5) is 0. The van der Waals surface area contributed by atoms with Crippen LogP contribution in [0.5, 0.6) is 0 Å². The van der Waals surface area contributed by atoms with E-state index in [1.807, 2.05) is 72.8 Å². The van der Waals surface area contributed by atoms with E-state index in [4.69, 9.17) is 0 Å². The van der Waals surface area contributed by atoms with Crippen molar-refractivity contribution >= 4 is 40.2 Å². The van der Waals surface area contributed by atoms with Gasteiger partial charge in [0.15, 0.2) is 0 Å². The van der Waals surface area contributed by atoms with E-state index in [1.165, 1.54) is 0 Å². The maximum Gasteiger partial charge on any atom is 0.574 e. The zero-order valence-corrected chi connectivity index (χ0v) is 14.5. The monoisotopic (exact) mass is 365 g/mol. The van der Waals surface area contributed by atoms with Gasteiger partial charge >= 0.3 is 7.12 Å². The third-order valence-electron chi connectivity index (χ3n) is 4.79. The van der Waals surface area contributed by atoms with E-state index < -0.39 is 7.12 Å². The molecule has 0 aliphatic heterocycles. The minimum absolute atomic E-state index is 0.549. The van der Waals surface area contributed by atoms with Crippen LogP contribution >= 0.6 is 0 Å². The Morgan fingerprint density at radius 1 is 0.464 bits per heavy atom. The van der Waals surface area contributed by atoms with E-state index in [0.29, 0.717) is 0 Å². The number of fused-ring (bicyclic) bond motifs is 3. The molecule has 0 N–H and O–H groups in total. The molecule has 0 atom stereocenters. The van der Waals surface area contributed by atoms with Crippen molar-refractivity contribution in [3.63, 3.8) is 0 Å². The first kappa shape index (κ1) is 15.0. The Labute approximate surface area is 158 Å². The van der Waals surface area contributed by atoms with Crippen LogP contribution in [0.2, 0.25) is 0 Å². The van der Waals surface area contributed by atoms with E-state index >= 15 is 0 Å². The van der Waals surface area contributed by atoms with Crippen LogP contribution < -0.4 is 0 Å². The second kappa shape index (κ2) is 5.71. The van der Waals surface area contributed by atoms with Gasteiger partial charge < -0.3 is 0 Å². The Balaban J connectivity index is 1.69. The van der Waals surface area contributed by atoms with Gasteiger partial charge in [0.25, 0.3) is 0 Å². The van der Waals surface area contributed by atoms with E-state index in [0.717, 1.165) is 33.1 Å². The standard InChI is InChI=1S/C18H12BN9/c1-4-10-16-13(7-1)20-23-26(16)19(27-17-11-5-2-8-14(17)21-24-27)28-18-12-6-3-9-15(18)22-25-28/h1-12H. The zero-order valence-electron chi connectivity index (χ0n) is 14.5. The first-order chi connectivity index (χ1) is 13.9. The van der Waals surface area contributed by atoms with E-state index in [2.05, 4.69) is 30.9 Å². The van der Waals surface area contributed by atoms with Gasteiger partial charge in [-0.3, -0.25) is 0 Å². The molecule has 0 radical (unpaired) electrons. The third-order valence-corrected chi connectivity index (χ3v) is 4.79. The van der Waals surface area contributed by atoms with E-state index in [-0.39, 0.29) is 0 Å². The fourth-order valence-corrected chi connectivity index (χ4v) is 3.48. The SMILES string of the molecule is c1ccc2c(c1)nnn2B(n1nnc2ccccc21)n1nnc2ccccc21. The van der Waals surface area contributed by atoms with Gasteiger partial charge in [0.2, 0.25) is 0 Å². The molecule has 0 fully saturated rings. The summed E-state index contributed by atoms with van der Waals surface area (Å²) in [5, 5.41) is 26.2. The molecule has 6 rings (SSSR count). The maximum atomic E-state index is 4.41. The zero-order chi connectivity index (χ0) is 18.5. The van der Waals surface area contributed by atoms with Crippen molar-refractivity contribution in [3.05, 3.63) is 72.8 Å². The van der Waals surface area contributed by atoms with Crippen LogP contribution in [0.4, 0.5) is 0 Å². The number of rotatable bonds is 3. The van der Waals surface area contributed by atoms with Crippen molar-refractivity contribution in [1.29, 1.82) is 0 Å². The quantitative estimate of drug-likeness (QED) is 0.445. The molecule has 0 unspecified atom stereocenters. The summed E-state index contributed by atoms with van der Waals surface area (Å²) in [6.45, 7) is 0. The lowest BCUT2D eigenvalue weighted by Gasteiger charge is -2.14. The molecule has 10 heteroatoms. The average Bonchev–Trinajstić information content (AvgIpc) is 3.47. The van der Waals surface area contributed by atoms with E-state index in [1.54, 1.807) is 13.8 Å². The normalized spacial score (nSPS) is 11.6. The average molecular weight is 365 g/mol. The van der Waals surface area contributed by atoms with Crippen molar-refractivity contribution in [2.24, 2.45) is 0 Å². The highest BCUT2D eigenvalue weighted by atomic mass is 15.6. The lowest BCUT2D eigenvalue weighted by Crippen LogP contribution is -2.44. The lowest BCUT2D eigenvalue weighted by molar-refractivity contribution is 0.736. The predicted molar refractivity (Wildman–Crippen MR) is 105 cm³/mol. The molecule has 3 heterocycles. The predicted octanol–water partition coefficient (Wildman–Crippen LogP) is 1.85. The number of aromatic nitrogens is 9. The first-order valence-electron chi connectivity index (χ1n) is 8.80. The molecule has 0 aliphatic rings. The second-order valence-corrected chi connectivity index (χ2v) is 6.41. The second-order valence-electron chi connectivity index (χ2n) is 6.41. The molecule has 6 aromatic rings. The molecule has 0 aliphatic carbocycles. The smallest absolute Gasteiger partial charge is 0.240 e. The van der Waals surface area contributed by atoms with Gasteiger partial charge in [0.05, 0.1) is 16.6 Å². The molecule has 132 valence electrons. The summed E-state index contributed by atoms with van der Waals surface area (Å²) in [7, 11) is -0.549. The Morgan fingerprint density at radius 2 is 0.786 bits per heavy atom. The van der Waals surface area contributed by atoms with Gasteiger partial charge in [0, 0.05) is 0 Å². The molecule has 3 aromatic heterocycles. The third kappa shape index (κ3) is 2.08. The fraction of sp³-hybridized carbons (Fsp3) is 0. The summed E-state index contributed by atoms with van der Waals surface area (Å²) in [5.74, 6) is 0. The molecule has 0 spiro atoms. The lowest BCUT2D eigenvalue weighted by atomic mass is 9.93. The van der Waals surface area contributed by atoms with Crippen LogP contribution in [0.3, 0.4) is 0 Å². The highest BCUT2D eigenvalue weighted by molar-refractivity contribution is 6.56. The first-order valence-corrected chi connectivity index (χ1v) is 8.80. The number of para-hydroxylation sites is 3. The Hall–Kier alpha value is -4.08. The van der Waals surface area contributed by atoms with Crippen molar-refractivity contribution in [1.82, 2.24) is 44.7 Å². The minimum Gasteiger partial charge on any atom is -0.240 e. The van der Waals surface area contributed by atoms with Crippen LogP contribution in [0, 0.1) is 0 Å². The van der Waals surface area contributed by atoms with Crippen molar-refractivity contribution < 1.29 is 0 Å². The maximum absolute atomic E-state index is 4.41. The summed E-state index contributed by atoms with van der Waals surface area (Å²) in [5.41, 5.74) is 4.98. The van der Waals surface area contributed by atoms with E-state index in [9.17, 15) is 0 Å². The molecule has 0 saturated heterocycles. The van der Waals surface area contributed by atoms with Crippen molar-refractivity contribution in [3.8, 4) is 0 Å². The van der Waals surface area contributed by atoms with Gasteiger partial charge in [0.1, 0.15) is 16.6 Å². The van der Waals surface area contributed by atoms with Gasteiger partial charge in [-0.1, -0.05) is 52.0 Å².